The molecule has 45 heavy (non-hydrogen) atoms. The molecule has 1 aliphatic carbocycles. The fraction of sp³-hybridized carbons (Fsp3) is 0.417. The summed E-state index contributed by atoms with van der Waals surface area (Å²) in [6.07, 6.45) is 17.2. The lowest BCUT2D eigenvalue weighted by molar-refractivity contribution is 0.270. The average Bonchev–Trinajstić information content (AvgIpc) is 3.26. The van der Waals surface area contributed by atoms with E-state index in [0.29, 0.717) is 40.3 Å². The summed E-state index contributed by atoms with van der Waals surface area (Å²) in [7, 11) is 1.61. The minimum absolute atomic E-state index is 0.0903. The molecule has 246 valence electrons. The van der Waals surface area contributed by atoms with Crippen LogP contribution in [0.4, 0.5) is 0 Å². The number of hydrogen-bond donors (Lipinski definition) is 3. The van der Waals surface area contributed by atoms with Crippen molar-refractivity contribution in [2.75, 3.05) is 26.7 Å². The Morgan fingerprint density at radius 2 is 1.82 bits per heavy atom. The summed E-state index contributed by atoms with van der Waals surface area (Å²) >= 11 is 0. The zero-order valence-electron chi connectivity index (χ0n) is 28.7. The number of ether oxygens (including phenoxy) is 1. The lowest BCUT2D eigenvalue weighted by atomic mass is 10.1. The first-order chi connectivity index (χ1) is 21.7. The number of likely N-dealkylation sites (N-methyl/N-ethyl adjacent to an activating group) is 1. The van der Waals surface area contributed by atoms with Gasteiger partial charge in [-0.25, -0.2) is 4.98 Å². The third kappa shape index (κ3) is 11.2. The average molecular weight is 620 g/mol. The zero-order valence-corrected chi connectivity index (χ0v) is 28.7. The van der Waals surface area contributed by atoms with Crippen molar-refractivity contribution >= 4 is 17.7 Å². The van der Waals surface area contributed by atoms with E-state index in [-0.39, 0.29) is 23.4 Å². The maximum absolute atomic E-state index is 13.2. The van der Waals surface area contributed by atoms with Crippen molar-refractivity contribution in [2.24, 2.45) is 0 Å². The molecule has 0 spiro atoms. The first-order valence-electron chi connectivity index (χ1n) is 15.9. The molecule has 3 N–H and O–H groups in total. The van der Waals surface area contributed by atoms with Crippen LogP contribution in [-0.2, 0) is 17.7 Å². The number of allylic oxidation sites excluding steroid dienone is 10. The van der Waals surface area contributed by atoms with Crippen molar-refractivity contribution < 1.29 is 9.84 Å². The highest BCUT2D eigenvalue weighted by atomic mass is 16.5. The second-order valence-electron chi connectivity index (χ2n) is 9.73. The number of nitrogens with zero attached hydrogens (tertiary/aromatic N) is 3. The highest BCUT2D eigenvalue weighted by Crippen LogP contribution is 2.23. The number of rotatable bonds is 13. The molecular formula is C36H53N5O4. The minimum atomic E-state index is -0.435. The first-order valence-corrected chi connectivity index (χ1v) is 15.9. The highest BCUT2D eigenvalue weighted by molar-refractivity contribution is 5.79. The molecule has 0 atom stereocenters. The number of aromatic nitrogens is 4. The maximum Gasteiger partial charge on any atom is 0.275 e. The molecule has 0 saturated carbocycles. The van der Waals surface area contributed by atoms with Crippen LogP contribution < -0.4 is 11.1 Å². The fourth-order valence-corrected chi connectivity index (χ4v) is 4.48. The van der Waals surface area contributed by atoms with Crippen molar-refractivity contribution in [3.63, 3.8) is 0 Å². The van der Waals surface area contributed by atoms with Crippen molar-refractivity contribution in [3.8, 4) is 0 Å². The van der Waals surface area contributed by atoms with E-state index in [2.05, 4.69) is 40.4 Å². The van der Waals surface area contributed by atoms with E-state index >= 15 is 0 Å². The van der Waals surface area contributed by atoms with Crippen LogP contribution in [0.1, 0.15) is 90.1 Å². The Hall–Kier alpha value is -4.37. The third-order valence-corrected chi connectivity index (χ3v) is 6.72. The summed E-state index contributed by atoms with van der Waals surface area (Å²) in [5.74, 6) is 0.890. The van der Waals surface area contributed by atoms with Crippen molar-refractivity contribution in [1.82, 2.24) is 24.6 Å². The number of fused-ring (bicyclic) bond motifs is 1. The number of aromatic amines is 2. The molecular weight excluding hydrogens is 566 g/mol. The van der Waals surface area contributed by atoms with Gasteiger partial charge in [-0.05, 0) is 57.2 Å². The molecule has 0 unspecified atom stereocenters. The van der Waals surface area contributed by atoms with Crippen LogP contribution in [-0.4, -0.2) is 56.5 Å². The summed E-state index contributed by atoms with van der Waals surface area (Å²) in [5, 5.41) is 13.7. The smallest absolute Gasteiger partial charge is 0.275 e. The number of H-pyrrole nitrogens is 2. The largest absolute Gasteiger partial charge is 0.512 e. The molecule has 2 aromatic heterocycles. The first kappa shape index (κ1) is 38.7. The van der Waals surface area contributed by atoms with Crippen LogP contribution in [0.15, 0.2) is 75.8 Å². The second-order valence-corrected chi connectivity index (χ2v) is 9.73. The number of hydrogen-bond acceptors (Lipinski definition) is 6. The Bertz CT molecular complexity index is 1540. The normalized spacial score (nSPS) is 13.2. The minimum Gasteiger partial charge on any atom is -0.512 e. The Balaban J connectivity index is 0.00000243. The van der Waals surface area contributed by atoms with Gasteiger partial charge in [0, 0.05) is 18.5 Å². The molecule has 9 nitrogen and oxygen atoms in total. The van der Waals surface area contributed by atoms with Crippen LogP contribution in [0.5, 0.6) is 0 Å². The molecule has 2 aromatic rings. The molecule has 1 aliphatic rings. The van der Waals surface area contributed by atoms with Gasteiger partial charge >= 0.3 is 0 Å². The molecule has 9 heteroatoms. The van der Waals surface area contributed by atoms with E-state index in [1.807, 2.05) is 71.9 Å². The van der Waals surface area contributed by atoms with E-state index < -0.39 is 5.56 Å². The summed E-state index contributed by atoms with van der Waals surface area (Å²) in [5.41, 5.74) is 2.35. The number of methoxy groups -OCH3 is 1. The van der Waals surface area contributed by atoms with Crippen molar-refractivity contribution in [2.45, 2.75) is 74.8 Å². The Morgan fingerprint density at radius 1 is 1.11 bits per heavy atom. The van der Waals surface area contributed by atoms with Crippen LogP contribution in [0, 0.1) is 0 Å². The number of aliphatic hydroxyl groups excluding tert-OH is 1. The molecule has 0 saturated heterocycles. The van der Waals surface area contributed by atoms with Gasteiger partial charge in [0.15, 0.2) is 0 Å². The van der Waals surface area contributed by atoms with Crippen LogP contribution in [0.2, 0.25) is 0 Å². The zero-order chi connectivity index (χ0) is 33.9. The standard InChI is InChI=1S/C32H41N5O4.2C2H6/c1-7-13-26-29(35-37(32(26)40)18-17-36(9-3)16-8-2)23(5)30-31(39)34-27-20-24(19-25(38)21-28(27)33-30)15-12-10-11-14-22(4)41-6;2*1-2/h7,10-15,19-20,35,38H,5,8-9,16-18,21H2,1-4,6H3,(H,34,39);2*1-2H3/b11-10-,13-7-,15-12+,22-14+;;. The van der Waals surface area contributed by atoms with E-state index in [1.54, 1.807) is 36.1 Å². The Morgan fingerprint density at radius 3 is 2.44 bits per heavy atom. The maximum atomic E-state index is 13.2. The molecule has 0 bridgehead atoms. The molecule has 0 aromatic carbocycles. The van der Waals surface area contributed by atoms with E-state index in [0.717, 1.165) is 31.8 Å². The van der Waals surface area contributed by atoms with Crippen molar-refractivity contribution in [3.05, 3.63) is 115 Å². The van der Waals surface area contributed by atoms with Gasteiger partial charge in [-0.3, -0.25) is 19.4 Å². The molecule has 2 heterocycles. The Labute approximate surface area is 268 Å². The highest BCUT2D eigenvalue weighted by Gasteiger charge is 2.21. The number of nitrogens with one attached hydrogen (secondary N) is 2. The van der Waals surface area contributed by atoms with Gasteiger partial charge in [0.05, 0.1) is 47.8 Å². The lowest BCUT2D eigenvalue weighted by Crippen LogP contribution is -2.31. The second kappa shape index (κ2) is 20.6. The van der Waals surface area contributed by atoms with Gasteiger partial charge in [0.2, 0.25) is 0 Å². The molecule has 0 aliphatic heterocycles. The monoisotopic (exact) mass is 619 g/mol. The van der Waals surface area contributed by atoms with Crippen LogP contribution in [0.3, 0.4) is 0 Å². The molecule has 0 amide bonds. The predicted molar refractivity (Wildman–Crippen MR) is 189 cm³/mol. The molecule has 0 fully saturated rings. The Kier molecular flexibility index (Phi) is 17.7. The quantitative estimate of drug-likeness (QED) is 0.162. The van der Waals surface area contributed by atoms with Gasteiger partial charge < -0.3 is 19.7 Å². The van der Waals surface area contributed by atoms with Gasteiger partial charge in [-0.2, -0.15) is 0 Å². The summed E-state index contributed by atoms with van der Waals surface area (Å²) in [6.45, 7) is 23.1. The van der Waals surface area contributed by atoms with E-state index in [4.69, 9.17) is 4.74 Å². The van der Waals surface area contributed by atoms with Gasteiger partial charge in [-0.1, -0.05) is 84.6 Å². The SMILES string of the molecule is C=C(c1[nH]n(CCN(CC)CCC)c(=O)c1/C=C\C)c1nc2c([nH]c1=O)C=C(/C=C/C=C\C=C(/C)OC)C=C(O)C2.CC.CC. The fourth-order valence-electron chi connectivity index (χ4n) is 4.48. The molecule has 0 radical (unpaired) electrons. The summed E-state index contributed by atoms with van der Waals surface area (Å²) < 4.78 is 6.66. The van der Waals surface area contributed by atoms with Gasteiger partial charge in [0.25, 0.3) is 11.1 Å². The van der Waals surface area contributed by atoms with Gasteiger partial charge in [0.1, 0.15) is 5.69 Å². The van der Waals surface area contributed by atoms with Gasteiger partial charge in [-0.15, -0.1) is 0 Å². The van der Waals surface area contributed by atoms with Crippen LogP contribution >= 0.6 is 0 Å². The topological polar surface area (TPSA) is 116 Å². The van der Waals surface area contributed by atoms with Crippen molar-refractivity contribution in [1.29, 1.82) is 0 Å². The number of aliphatic hydroxyl groups is 1. The van der Waals surface area contributed by atoms with Crippen LogP contribution in [0.25, 0.3) is 17.7 Å². The summed E-state index contributed by atoms with van der Waals surface area (Å²) in [4.78, 5) is 36.3. The molecule has 3 rings (SSSR count). The van der Waals surface area contributed by atoms with E-state index in [1.165, 1.54) is 0 Å². The third-order valence-electron chi connectivity index (χ3n) is 6.72. The van der Waals surface area contributed by atoms with E-state index in [9.17, 15) is 14.7 Å². The lowest BCUT2D eigenvalue weighted by Gasteiger charge is -2.19. The summed E-state index contributed by atoms with van der Waals surface area (Å²) in [6, 6.07) is 0. The predicted octanol–water partition coefficient (Wildman–Crippen LogP) is 7.18.